The molecular weight excluding hydrogens is 176 g/mol. The van der Waals surface area contributed by atoms with E-state index in [1.165, 1.54) is 0 Å². The van der Waals surface area contributed by atoms with Crippen LogP contribution in [0.25, 0.3) is 0 Å². The number of H-pyrrole nitrogens is 1. The Balaban J connectivity index is 2.97. The van der Waals surface area contributed by atoms with Crippen LogP contribution in [0.4, 0.5) is 0 Å². The molecule has 1 rings (SSSR count). The molecule has 0 saturated heterocycles. The molecule has 14 heavy (non-hydrogen) atoms. The van der Waals surface area contributed by atoms with Crippen LogP contribution in [0.3, 0.4) is 0 Å². The predicted molar refractivity (Wildman–Crippen MR) is 58.8 cm³/mol. The van der Waals surface area contributed by atoms with Gasteiger partial charge in [0.2, 0.25) is 0 Å². The number of aryl methyl sites for hydroxylation is 1. The molecule has 3 heteroatoms. The zero-order chi connectivity index (χ0) is 10.7. The number of rotatable bonds is 4. The second-order valence-electron chi connectivity index (χ2n) is 4.12. The maximum absolute atomic E-state index is 11.7. The summed E-state index contributed by atoms with van der Waals surface area (Å²) in [6.45, 7) is 9.04. The lowest BCUT2D eigenvalue weighted by molar-refractivity contribution is 0.547. The van der Waals surface area contributed by atoms with Crippen LogP contribution in [0.15, 0.2) is 4.79 Å². The second kappa shape index (κ2) is 4.49. The Morgan fingerprint density at radius 2 is 2.07 bits per heavy atom. The van der Waals surface area contributed by atoms with E-state index in [9.17, 15) is 4.79 Å². The van der Waals surface area contributed by atoms with Gasteiger partial charge in [0.15, 0.2) is 0 Å². The first-order valence-electron chi connectivity index (χ1n) is 5.37. The Morgan fingerprint density at radius 3 is 2.50 bits per heavy atom. The Kier molecular flexibility index (Phi) is 3.55. The molecule has 1 aromatic rings. The quantitative estimate of drug-likeness (QED) is 0.789. The van der Waals surface area contributed by atoms with Crippen molar-refractivity contribution in [3.05, 3.63) is 21.6 Å². The number of nitrogens with zero attached hydrogens (tertiary/aromatic N) is 1. The number of unbranched alkanes of at least 4 members (excludes halogenated alkanes) is 1. The second-order valence-corrected chi connectivity index (χ2v) is 4.12. The first-order chi connectivity index (χ1) is 6.57. The first kappa shape index (κ1) is 11.1. The molecule has 0 aromatic carbocycles. The van der Waals surface area contributed by atoms with Crippen LogP contribution in [-0.2, 0) is 6.54 Å². The molecule has 0 aliphatic rings. The summed E-state index contributed by atoms with van der Waals surface area (Å²) in [6.07, 6.45) is 2.17. The lowest BCUT2D eigenvalue weighted by Gasteiger charge is -2.02. The normalized spacial score (nSPS) is 11.2. The molecule has 0 amide bonds. The molecule has 1 aromatic heterocycles. The summed E-state index contributed by atoms with van der Waals surface area (Å²) >= 11 is 0. The van der Waals surface area contributed by atoms with Gasteiger partial charge in [-0.05, 0) is 19.3 Å². The molecule has 3 nitrogen and oxygen atoms in total. The zero-order valence-corrected chi connectivity index (χ0v) is 9.55. The molecule has 0 atom stereocenters. The molecule has 0 aliphatic carbocycles. The average molecular weight is 196 g/mol. The number of hydrogen-bond donors (Lipinski definition) is 1. The van der Waals surface area contributed by atoms with E-state index in [0.717, 1.165) is 30.6 Å². The fourth-order valence-electron chi connectivity index (χ4n) is 1.63. The third-order valence-electron chi connectivity index (χ3n) is 2.54. The minimum absolute atomic E-state index is 0.141. The van der Waals surface area contributed by atoms with Crippen molar-refractivity contribution >= 4 is 0 Å². The molecule has 0 aliphatic heterocycles. The highest BCUT2D eigenvalue weighted by Crippen LogP contribution is 2.13. The molecule has 0 unspecified atom stereocenters. The lowest BCUT2D eigenvalue weighted by atomic mass is 10.1. The summed E-state index contributed by atoms with van der Waals surface area (Å²) < 4.78 is 1.73. The smallest absolute Gasteiger partial charge is 0.269 e. The number of hydrogen-bond acceptors (Lipinski definition) is 1. The minimum Gasteiger partial charge on any atom is -0.299 e. The Labute approximate surface area is 85.1 Å². The van der Waals surface area contributed by atoms with Gasteiger partial charge in [-0.2, -0.15) is 0 Å². The van der Waals surface area contributed by atoms with Crippen LogP contribution in [0.5, 0.6) is 0 Å². The van der Waals surface area contributed by atoms with Gasteiger partial charge in [-0.25, -0.2) is 0 Å². The van der Waals surface area contributed by atoms with Crippen molar-refractivity contribution in [1.82, 2.24) is 9.78 Å². The van der Waals surface area contributed by atoms with Crippen molar-refractivity contribution in [2.24, 2.45) is 0 Å². The average Bonchev–Trinajstić information content (AvgIpc) is 2.42. The SMILES string of the molecule is CCCCn1[nH]c(C(C)C)c(C)c1=O. The monoisotopic (exact) mass is 196 g/mol. The highest BCUT2D eigenvalue weighted by atomic mass is 16.1. The molecule has 1 heterocycles. The van der Waals surface area contributed by atoms with Crippen molar-refractivity contribution in [2.45, 2.75) is 53.0 Å². The third-order valence-corrected chi connectivity index (χ3v) is 2.54. The summed E-state index contributed by atoms with van der Waals surface area (Å²) in [6, 6.07) is 0. The Hall–Kier alpha value is -0.990. The largest absolute Gasteiger partial charge is 0.299 e. The topological polar surface area (TPSA) is 37.8 Å². The van der Waals surface area contributed by atoms with Crippen LogP contribution in [0.1, 0.15) is 50.8 Å². The highest BCUT2D eigenvalue weighted by Gasteiger charge is 2.11. The van der Waals surface area contributed by atoms with Crippen molar-refractivity contribution in [3.63, 3.8) is 0 Å². The number of aromatic amines is 1. The van der Waals surface area contributed by atoms with E-state index in [0.29, 0.717) is 5.92 Å². The van der Waals surface area contributed by atoms with Gasteiger partial charge in [0.05, 0.1) is 0 Å². The molecule has 0 radical (unpaired) electrons. The van der Waals surface area contributed by atoms with Crippen LogP contribution in [0, 0.1) is 6.92 Å². The van der Waals surface area contributed by atoms with Crippen molar-refractivity contribution < 1.29 is 0 Å². The number of nitrogens with one attached hydrogen (secondary N) is 1. The van der Waals surface area contributed by atoms with Gasteiger partial charge in [0, 0.05) is 17.8 Å². The molecule has 80 valence electrons. The van der Waals surface area contributed by atoms with Gasteiger partial charge >= 0.3 is 0 Å². The fourth-order valence-corrected chi connectivity index (χ4v) is 1.63. The van der Waals surface area contributed by atoms with E-state index in [4.69, 9.17) is 0 Å². The summed E-state index contributed by atoms with van der Waals surface area (Å²) in [5.74, 6) is 0.394. The zero-order valence-electron chi connectivity index (χ0n) is 9.55. The maximum Gasteiger partial charge on any atom is 0.269 e. The molecule has 0 saturated carbocycles. The fraction of sp³-hybridized carbons (Fsp3) is 0.727. The van der Waals surface area contributed by atoms with Crippen molar-refractivity contribution in [1.29, 1.82) is 0 Å². The maximum atomic E-state index is 11.7. The molecular formula is C11H20N2O. The van der Waals surface area contributed by atoms with Crippen molar-refractivity contribution in [3.8, 4) is 0 Å². The van der Waals surface area contributed by atoms with E-state index in [-0.39, 0.29) is 5.56 Å². The molecule has 0 fully saturated rings. The molecule has 0 bridgehead atoms. The Bertz CT molecular complexity index is 347. The number of aromatic nitrogens is 2. The van der Waals surface area contributed by atoms with Gasteiger partial charge in [0.1, 0.15) is 0 Å². The van der Waals surface area contributed by atoms with Crippen LogP contribution in [0.2, 0.25) is 0 Å². The van der Waals surface area contributed by atoms with E-state index < -0.39 is 0 Å². The van der Waals surface area contributed by atoms with E-state index >= 15 is 0 Å². The van der Waals surface area contributed by atoms with Crippen LogP contribution in [-0.4, -0.2) is 9.78 Å². The van der Waals surface area contributed by atoms with E-state index in [2.05, 4.69) is 25.9 Å². The van der Waals surface area contributed by atoms with Gasteiger partial charge in [-0.15, -0.1) is 0 Å². The third kappa shape index (κ3) is 2.08. The summed E-state index contributed by atoms with van der Waals surface area (Å²) in [5, 5.41) is 3.19. The summed E-state index contributed by atoms with van der Waals surface area (Å²) in [5.41, 5.74) is 2.09. The first-order valence-corrected chi connectivity index (χ1v) is 5.37. The highest BCUT2D eigenvalue weighted by molar-refractivity contribution is 5.18. The summed E-state index contributed by atoms with van der Waals surface area (Å²) in [4.78, 5) is 11.7. The van der Waals surface area contributed by atoms with E-state index in [1.807, 2.05) is 6.92 Å². The van der Waals surface area contributed by atoms with Crippen molar-refractivity contribution in [2.75, 3.05) is 0 Å². The summed E-state index contributed by atoms with van der Waals surface area (Å²) in [7, 11) is 0. The van der Waals surface area contributed by atoms with Crippen LogP contribution < -0.4 is 5.56 Å². The standard InChI is InChI=1S/C11H20N2O/c1-5-6-7-13-11(14)9(4)10(12-13)8(2)3/h8,12H,5-7H2,1-4H3. The van der Waals surface area contributed by atoms with Crippen LogP contribution >= 0.6 is 0 Å². The minimum atomic E-state index is 0.141. The molecule has 1 N–H and O–H groups in total. The Morgan fingerprint density at radius 1 is 1.43 bits per heavy atom. The van der Waals surface area contributed by atoms with Gasteiger partial charge in [-0.1, -0.05) is 27.2 Å². The molecule has 0 spiro atoms. The predicted octanol–water partition coefficient (Wildman–Crippen LogP) is 2.41. The van der Waals surface area contributed by atoms with Gasteiger partial charge < -0.3 is 0 Å². The lowest BCUT2D eigenvalue weighted by Crippen LogP contribution is -2.17. The van der Waals surface area contributed by atoms with Gasteiger partial charge in [-0.3, -0.25) is 14.6 Å². The van der Waals surface area contributed by atoms with E-state index in [1.54, 1.807) is 4.68 Å². The van der Waals surface area contributed by atoms with Gasteiger partial charge in [0.25, 0.3) is 5.56 Å².